The normalized spacial score (nSPS) is 23.9. The van der Waals surface area contributed by atoms with Crippen LogP contribution in [0.1, 0.15) is 39.5 Å². The van der Waals surface area contributed by atoms with Crippen molar-refractivity contribution in [1.82, 2.24) is 15.1 Å². The van der Waals surface area contributed by atoms with Gasteiger partial charge in [0.15, 0.2) is 0 Å². The van der Waals surface area contributed by atoms with Crippen LogP contribution < -0.4 is 5.32 Å². The number of aliphatic carboxylic acids is 1. The molecule has 0 bridgehead atoms. The number of nitrogens with one attached hydrogen (secondary N) is 1. The molecule has 1 heterocycles. The van der Waals surface area contributed by atoms with Crippen LogP contribution in [0.15, 0.2) is 0 Å². The van der Waals surface area contributed by atoms with E-state index < -0.39 is 11.5 Å². The summed E-state index contributed by atoms with van der Waals surface area (Å²) in [5.74, 6) is 0.230. The number of carbonyl (C=O) groups is 1. The van der Waals surface area contributed by atoms with Crippen molar-refractivity contribution >= 4 is 5.97 Å². The maximum absolute atomic E-state index is 11.5. The Bertz CT molecular complexity index is 338. The molecule has 1 unspecified atom stereocenters. The molecule has 2 fully saturated rings. The highest BCUT2D eigenvalue weighted by atomic mass is 16.4. The topological polar surface area (TPSA) is 55.8 Å². The largest absolute Gasteiger partial charge is 0.480 e. The average Bonchev–Trinajstić information content (AvgIpc) is 3.28. The number of carboxylic acids is 1. The van der Waals surface area contributed by atoms with Crippen LogP contribution in [0, 0.1) is 5.92 Å². The number of carboxylic acid groups (broad SMARTS) is 1. The van der Waals surface area contributed by atoms with Gasteiger partial charge in [-0.1, -0.05) is 6.92 Å². The number of rotatable bonds is 9. The van der Waals surface area contributed by atoms with Gasteiger partial charge >= 0.3 is 5.97 Å². The second-order valence-electron chi connectivity index (χ2n) is 6.90. The first-order chi connectivity index (χ1) is 10.0. The molecule has 1 aliphatic heterocycles. The van der Waals surface area contributed by atoms with E-state index in [0.717, 1.165) is 51.6 Å². The molecule has 1 saturated heterocycles. The minimum Gasteiger partial charge on any atom is -0.480 e. The monoisotopic (exact) mass is 297 g/mol. The molecule has 1 saturated carbocycles. The van der Waals surface area contributed by atoms with E-state index in [2.05, 4.69) is 22.0 Å². The molecule has 0 aromatic rings. The Morgan fingerprint density at radius 1 is 1.24 bits per heavy atom. The van der Waals surface area contributed by atoms with Crippen molar-refractivity contribution in [2.24, 2.45) is 5.92 Å². The van der Waals surface area contributed by atoms with Gasteiger partial charge in [0, 0.05) is 39.3 Å². The van der Waals surface area contributed by atoms with Crippen LogP contribution in [0.4, 0.5) is 0 Å². The lowest BCUT2D eigenvalue weighted by Crippen LogP contribution is -2.53. The molecule has 0 aromatic heterocycles. The Kier molecular flexibility index (Phi) is 6.02. The molecule has 2 N–H and O–H groups in total. The van der Waals surface area contributed by atoms with E-state index in [4.69, 9.17) is 0 Å². The number of hydrogen-bond donors (Lipinski definition) is 2. The van der Waals surface area contributed by atoms with Crippen molar-refractivity contribution in [3.8, 4) is 0 Å². The smallest absolute Gasteiger partial charge is 0.323 e. The summed E-state index contributed by atoms with van der Waals surface area (Å²) in [6.07, 6.45) is 4.47. The van der Waals surface area contributed by atoms with Crippen molar-refractivity contribution in [1.29, 1.82) is 0 Å². The highest BCUT2D eigenvalue weighted by Gasteiger charge is 2.33. The van der Waals surface area contributed by atoms with Gasteiger partial charge in [0.1, 0.15) is 5.54 Å². The molecule has 0 amide bonds. The maximum Gasteiger partial charge on any atom is 0.323 e. The molecular formula is C16H31N3O2. The zero-order chi connectivity index (χ0) is 15.3. The summed E-state index contributed by atoms with van der Waals surface area (Å²) < 4.78 is 0. The number of piperazine rings is 1. The van der Waals surface area contributed by atoms with Crippen molar-refractivity contribution in [2.75, 3.05) is 45.8 Å². The second kappa shape index (κ2) is 7.56. The van der Waals surface area contributed by atoms with Gasteiger partial charge in [-0.15, -0.1) is 0 Å². The van der Waals surface area contributed by atoms with Crippen LogP contribution in [0.25, 0.3) is 0 Å². The molecule has 21 heavy (non-hydrogen) atoms. The molecule has 122 valence electrons. The molecule has 5 nitrogen and oxygen atoms in total. The highest BCUT2D eigenvalue weighted by Crippen LogP contribution is 2.29. The molecule has 1 atom stereocenters. The first-order valence-corrected chi connectivity index (χ1v) is 8.46. The van der Waals surface area contributed by atoms with Crippen molar-refractivity contribution < 1.29 is 9.90 Å². The third-order valence-corrected chi connectivity index (χ3v) is 4.84. The lowest BCUT2D eigenvalue weighted by Gasteiger charge is -2.36. The van der Waals surface area contributed by atoms with Crippen LogP contribution in [-0.2, 0) is 4.79 Å². The third-order valence-electron chi connectivity index (χ3n) is 4.84. The van der Waals surface area contributed by atoms with Crippen molar-refractivity contribution in [3.63, 3.8) is 0 Å². The summed E-state index contributed by atoms with van der Waals surface area (Å²) >= 11 is 0. The molecule has 0 radical (unpaired) electrons. The van der Waals surface area contributed by atoms with Gasteiger partial charge in [-0.25, -0.2) is 0 Å². The molecule has 1 aliphatic carbocycles. The molecule has 0 spiro atoms. The Balaban J connectivity index is 1.70. The molecule has 0 aromatic carbocycles. The summed E-state index contributed by atoms with van der Waals surface area (Å²) in [5.41, 5.74) is -0.791. The predicted molar refractivity (Wildman–Crippen MR) is 84.6 cm³/mol. The summed E-state index contributed by atoms with van der Waals surface area (Å²) in [6, 6.07) is 0. The van der Waals surface area contributed by atoms with Gasteiger partial charge in [0.2, 0.25) is 0 Å². The van der Waals surface area contributed by atoms with E-state index in [-0.39, 0.29) is 0 Å². The summed E-state index contributed by atoms with van der Waals surface area (Å²) in [5, 5.41) is 12.6. The van der Waals surface area contributed by atoms with Crippen LogP contribution in [0.2, 0.25) is 0 Å². The zero-order valence-electron chi connectivity index (χ0n) is 13.6. The van der Waals surface area contributed by atoms with Crippen LogP contribution in [0.3, 0.4) is 0 Å². The van der Waals surface area contributed by atoms with Gasteiger partial charge in [-0.2, -0.15) is 0 Å². The summed E-state index contributed by atoms with van der Waals surface area (Å²) in [6.45, 7) is 11.2. The zero-order valence-corrected chi connectivity index (χ0v) is 13.6. The molecule has 2 rings (SSSR count). The van der Waals surface area contributed by atoms with Gasteiger partial charge < -0.3 is 20.2 Å². The van der Waals surface area contributed by atoms with Crippen LogP contribution in [0.5, 0.6) is 0 Å². The van der Waals surface area contributed by atoms with E-state index in [9.17, 15) is 9.90 Å². The quantitative estimate of drug-likeness (QED) is 0.671. The fourth-order valence-corrected chi connectivity index (χ4v) is 2.91. The van der Waals surface area contributed by atoms with Crippen LogP contribution in [-0.4, -0.2) is 72.2 Å². The van der Waals surface area contributed by atoms with Gasteiger partial charge in [-0.05, 0) is 45.1 Å². The minimum atomic E-state index is -0.791. The molecular weight excluding hydrogens is 266 g/mol. The van der Waals surface area contributed by atoms with E-state index >= 15 is 0 Å². The van der Waals surface area contributed by atoms with E-state index in [1.165, 1.54) is 19.4 Å². The predicted octanol–water partition coefficient (Wildman–Crippen LogP) is 1.25. The van der Waals surface area contributed by atoms with E-state index in [1.54, 1.807) is 0 Å². The Hall–Kier alpha value is -0.650. The van der Waals surface area contributed by atoms with Crippen molar-refractivity contribution in [3.05, 3.63) is 0 Å². The van der Waals surface area contributed by atoms with Gasteiger partial charge in [0.25, 0.3) is 0 Å². The number of nitrogens with zero attached hydrogens (tertiary/aromatic N) is 2. The maximum atomic E-state index is 11.5. The minimum absolute atomic E-state index is 0.672. The fourth-order valence-electron chi connectivity index (χ4n) is 2.91. The average molecular weight is 297 g/mol. The van der Waals surface area contributed by atoms with E-state index in [1.807, 2.05) is 6.92 Å². The highest BCUT2D eigenvalue weighted by molar-refractivity contribution is 5.78. The van der Waals surface area contributed by atoms with Gasteiger partial charge in [0.05, 0.1) is 0 Å². The van der Waals surface area contributed by atoms with Crippen LogP contribution >= 0.6 is 0 Å². The Morgan fingerprint density at radius 3 is 2.38 bits per heavy atom. The number of hydrogen-bond acceptors (Lipinski definition) is 4. The lowest BCUT2D eigenvalue weighted by atomic mass is 9.97. The first kappa shape index (κ1) is 16.7. The fraction of sp³-hybridized carbons (Fsp3) is 0.938. The first-order valence-electron chi connectivity index (χ1n) is 8.46. The molecule has 5 heteroatoms. The van der Waals surface area contributed by atoms with Gasteiger partial charge in [-0.3, -0.25) is 4.79 Å². The molecule has 2 aliphatic rings. The standard InChI is InChI=1S/C16H31N3O2/c1-3-7-17-16(2,15(20)21)6-8-18-9-11-19(12-10-18)13-14-4-5-14/h14,17H,3-13H2,1-2H3,(H,20,21). The summed E-state index contributed by atoms with van der Waals surface area (Å²) in [4.78, 5) is 16.5. The SMILES string of the molecule is CCCNC(C)(CCN1CCN(CC2CC2)CC1)C(=O)O. The third kappa shape index (κ3) is 5.24. The van der Waals surface area contributed by atoms with E-state index in [0.29, 0.717) is 6.42 Å². The second-order valence-corrected chi connectivity index (χ2v) is 6.90. The summed E-state index contributed by atoms with van der Waals surface area (Å²) in [7, 11) is 0. The Morgan fingerprint density at radius 2 is 1.86 bits per heavy atom. The lowest BCUT2D eigenvalue weighted by molar-refractivity contribution is -0.144. The van der Waals surface area contributed by atoms with Crippen molar-refractivity contribution in [2.45, 2.75) is 45.1 Å². The Labute approximate surface area is 128 Å².